The molecule has 0 aliphatic heterocycles. The van der Waals surface area contributed by atoms with Crippen molar-refractivity contribution in [1.82, 2.24) is 25.1 Å². The number of carbonyl (C=O) groups excluding carboxylic acids is 1. The third-order valence-electron chi connectivity index (χ3n) is 5.72. The van der Waals surface area contributed by atoms with Crippen LogP contribution >= 0.6 is 27.7 Å². The lowest BCUT2D eigenvalue weighted by atomic mass is 10.2. The molecule has 0 saturated heterocycles. The van der Waals surface area contributed by atoms with E-state index in [-0.39, 0.29) is 5.91 Å². The van der Waals surface area contributed by atoms with Gasteiger partial charge in [0.25, 0.3) is 0 Å². The van der Waals surface area contributed by atoms with Crippen LogP contribution in [0.25, 0.3) is 22.1 Å². The summed E-state index contributed by atoms with van der Waals surface area (Å²) in [4.78, 5) is 17.0. The molecule has 0 spiro atoms. The van der Waals surface area contributed by atoms with Crippen LogP contribution in [0.1, 0.15) is 24.0 Å². The van der Waals surface area contributed by atoms with Gasteiger partial charge in [0.2, 0.25) is 11.1 Å². The van der Waals surface area contributed by atoms with Crippen molar-refractivity contribution >= 4 is 55.7 Å². The van der Waals surface area contributed by atoms with Crippen LogP contribution in [0.4, 0.5) is 0 Å². The van der Waals surface area contributed by atoms with Gasteiger partial charge < -0.3 is 9.88 Å². The summed E-state index contributed by atoms with van der Waals surface area (Å²) in [7, 11) is 0. The molecule has 1 amide bonds. The number of hydrogen-bond acceptors (Lipinski definition) is 5. The summed E-state index contributed by atoms with van der Waals surface area (Å²) < 4.78 is 3.25. The van der Waals surface area contributed by atoms with Crippen molar-refractivity contribution in [3.63, 3.8) is 0 Å². The van der Waals surface area contributed by atoms with Gasteiger partial charge in [-0.1, -0.05) is 88.4 Å². The molecule has 176 valence electrons. The van der Waals surface area contributed by atoms with Gasteiger partial charge in [0.05, 0.1) is 5.52 Å². The lowest BCUT2D eigenvalue weighted by molar-refractivity contribution is -0.121. The van der Waals surface area contributed by atoms with Crippen molar-refractivity contribution < 1.29 is 4.79 Å². The fraction of sp³-hybridized carbons (Fsp3) is 0.185. The predicted octanol–water partition coefficient (Wildman–Crippen LogP) is 5.98. The fourth-order valence-electron chi connectivity index (χ4n) is 3.96. The number of rotatable bonds is 9. The number of amides is 1. The van der Waals surface area contributed by atoms with Crippen LogP contribution in [0.5, 0.6) is 0 Å². The second kappa shape index (κ2) is 11.0. The summed E-state index contributed by atoms with van der Waals surface area (Å²) in [5.41, 5.74) is 5.01. The summed E-state index contributed by atoms with van der Waals surface area (Å²) in [5.74, 6) is 0.803. The first kappa shape index (κ1) is 23.5. The van der Waals surface area contributed by atoms with Gasteiger partial charge in [-0.3, -0.25) is 4.79 Å². The van der Waals surface area contributed by atoms with E-state index in [9.17, 15) is 4.79 Å². The summed E-state index contributed by atoms with van der Waals surface area (Å²) in [5, 5.41) is 13.5. The van der Waals surface area contributed by atoms with E-state index in [4.69, 9.17) is 4.98 Å². The Morgan fingerprint density at radius 3 is 2.51 bits per heavy atom. The summed E-state index contributed by atoms with van der Waals surface area (Å²) in [6.45, 7) is 1.25. The van der Waals surface area contributed by atoms with Crippen LogP contribution in [0.2, 0.25) is 0 Å². The highest BCUT2D eigenvalue weighted by Gasteiger charge is 2.15. The maximum absolute atomic E-state index is 12.2. The Morgan fingerprint density at radius 2 is 1.69 bits per heavy atom. The standard InChI is InChI=1S/C27H24BrN5OS/c28-21-14-12-20(13-15-21)18-33-23-10-5-4-9-22(23)25-26(33)30-27(32-31-25)35-16-6-11-24(34)29-17-19-7-2-1-3-8-19/h1-5,7-10,12-15H,6,11,16-18H2,(H,29,34). The van der Waals surface area contributed by atoms with Gasteiger partial charge >= 0.3 is 0 Å². The van der Waals surface area contributed by atoms with E-state index in [2.05, 4.69) is 60.3 Å². The van der Waals surface area contributed by atoms with Crippen molar-refractivity contribution in [2.24, 2.45) is 0 Å². The van der Waals surface area contributed by atoms with Crippen molar-refractivity contribution in [2.45, 2.75) is 31.1 Å². The van der Waals surface area contributed by atoms with E-state index in [1.165, 1.54) is 17.3 Å². The molecule has 2 heterocycles. The molecule has 0 aliphatic carbocycles. The maximum Gasteiger partial charge on any atom is 0.220 e. The smallest absolute Gasteiger partial charge is 0.220 e. The molecule has 3 aromatic carbocycles. The Labute approximate surface area is 216 Å². The average Bonchev–Trinajstić information content (AvgIpc) is 3.20. The van der Waals surface area contributed by atoms with Crippen molar-refractivity contribution in [1.29, 1.82) is 0 Å². The molecule has 0 saturated carbocycles. The van der Waals surface area contributed by atoms with E-state index >= 15 is 0 Å². The second-order valence-corrected chi connectivity index (χ2v) is 10.2. The molecule has 0 radical (unpaired) electrons. The summed E-state index contributed by atoms with van der Waals surface area (Å²) in [6.07, 6.45) is 1.22. The van der Waals surface area contributed by atoms with Crippen molar-refractivity contribution in [3.05, 3.63) is 94.5 Å². The van der Waals surface area contributed by atoms with Crippen LogP contribution in [-0.2, 0) is 17.9 Å². The van der Waals surface area contributed by atoms with Gasteiger partial charge in [-0.05, 0) is 35.7 Å². The topological polar surface area (TPSA) is 72.7 Å². The zero-order valence-electron chi connectivity index (χ0n) is 19.0. The Kier molecular flexibility index (Phi) is 7.39. The molecule has 0 fully saturated rings. The molecule has 0 bridgehead atoms. The number of nitrogens with zero attached hydrogens (tertiary/aromatic N) is 4. The number of benzene rings is 3. The highest BCUT2D eigenvalue weighted by Crippen LogP contribution is 2.28. The Hall–Kier alpha value is -3.23. The average molecular weight is 546 g/mol. The molecule has 0 atom stereocenters. The zero-order valence-corrected chi connectivity index (χ0v) is 21.4. The highest BCUT2D eigenvalue weighted by molar-refractivity contribution is 9.10. The number of para-hydroxylation sites is 1. The van der Waals surface area contributed by atoms with Crippen LogP contribution in [-0.4, -0.2) is 31.4 Å². The van der Waals surface area contributed by atoms with Crippen molar-refractivity contribution in [2.75, 3.05) is 5.75 Å². The van der Waals surface area contributed by atoms with E-state index in [1.807, 2.05) is 54.6 Å². The number of nitrogens with one attached hydrogen (secondary N) is 1. The molecule has 5 rings (SSSR count). The molecule has 35 heavy (non-hydrogen) atoms. The number of halogens is 1. The predicted molar refractivity (Wildman–Crippen MR) is 144 cm³/mol. The molecule has 0 aliphatic rings. The molecular weight excluding hydrogens is 522 g/mol. The third kappa shape index (κ3) is 5.71. The molecule has 2 aromatic heterocycles. The molecule has 1 N–H and O–H groups in total. The number of hydrogen-bond donors (Lipinski definition) is 1. The molecule has 0 unspecified atom stereocenters. The lowest BCUT2D eigenvalue weighted by Gasteiger charge is -2.08. The highest BCUT2D eigenvalue weighted by atomic mass is 79.9. The van der Waals surface area contributed by atoms with Crippen LogP contribution in [0, 0.1) is 0 Å². The maximum atomic E-state index is 12.2. The SMILES string of the molecule is O=C(CCCSc1nnc2c3ccccc3n(Cc3ccc(Br)cc3)c2n1)NCc1ccccc1. The minimum Gasteiger partial charge on any atom is -0.352 e. The fourth-order valence-corrected chi connectivity index (χ4v) is 4.95. The number of thioether (sulfide) groups is 1. The number of carbonyl (C=O) groups is 1. The largest absolute Gasteiger partial charge is 0.352 e. The lowest BCUT2D eigenvalue weighted by Crippen LogP contribution is -2.22. The second-order valence-electron chi connectivity index (χ2n) is 8.21. The van der Waals surface area contributed by atoms with Gasteiger partial charge in [0, 0.05) is 35.1 Å². The number of aromatic nitrogens is 4. The van der Waals surface area contributed by atoms with Crippen LogP contribution < -0.4 is 5.32 Å². The van der Waals surface area contributed by atoms with Gasteiger partial charge in [0.15, 0.2) is 5.65 Å². The first-order chi connectivity index (χ1) is 17.2. The Bertz CT molecular complexity index is 1450. The minimum absolute atomic E-state index is 0.0542. The van der Waals surface area contributed by atoms with Gasteiger partial charge in [-0.25, -0.2) is 4.98 Å². The van der Waals surface area contributed by atoms with Gasteiger partial charge in [-0.2, -0.15) is 0 Å². The normalized spacial score (nSPS) is 11.2. The third-order valence-corrected chi connectivity index (χ3v) is 7.17. The zero-order chi connectivity index (χ0) is 24.0. The van der Waals surface area contributed by atoms with E-state index < -0.39 is 0 Å². The molecular formula is C27H24BrN5OS. The number of fused-ring (bicyclic) bond motifs is 3. The van der Waals surface area contributed by atoms with E-state index in [1.54, 1.807) is 0 Å². The molecule has 8 heteroatoms. The molecule has 6 nitrogen and oxygen atoms in total. The monoisotopic (exact) mass is 545 g/mol. The van der Waals surface area contributed by atoms with E-state index in [0.717, 1.165) is 44.3 Å². The molecule has 5 aromatic rings. The van der Waals surface area contributed by atoms with Crippen LogP contribution in [0.15, 0.2) is 88.5 Å². The first-order valence-electron chi connectivity index (χ1n) is 11.5. The Balaban J connectivity index is 1.26. The summed E-state index contributed by atoms with van der Waals surface area (Å²) >= 11 is 5.04. The first-order valence-corrected chi connectivity index (χ1v) is 13.2. The minimum atomic E-state index is 0.0542. The summed E-state index contributed by atoms with van der Waals surface area (Å²) in [6, 6.07) is 26.5. The van der Waals surface area contributed by atoms with E-state index in [0.29, 0.717) is 24.7 Å². The Morgan fingerprint density at radius 1 is 0.914 bits per heavy atom. The van der Waals surface area contributed by atoms with Crippen LogP contribution in [0.3, 0.4) is 0 Å². The van der Waals surface area contributed by atoms with Gasteiger partial charge in [0.1, 0.15) is 5.52 Å². The quantitative estimate of drug-likeness (QED) is 0.182. The van der Waals surface area contributed by atoms with Crippen molar-refractivity contribution in [3.8, 4) is 0 Å². The van der Waals surface area contributed by atoms with Gasteiger partial charge in [-0.15, -0.1) is 10.2 Å².